The molecule has 0 unspecified atom stereocenters. The molecule has 0 atom stereocenters. The Labute approximate surface area is 164 Å². The number of aliphatic imine (C=N–C) groups is 1. The Kier molecular flexibility index (Phi) is 6.45. The first-order valence-corrected chi connectivity index (χ1v) is 10.5. The molecule has 6 nitrogen and oxygen atoms in total. The van der Waals surface area contributed by atoms with Gasteiger partial charge in [-0.25, -0.2) is 4.98 Å². The summed E-state index contributed by atoms with van der Waals surface area (Å²) in [6.07, 6.45) is 3.65. The summed E-state index contributed by atoms with van der Waals surface area (Å²) in [5.74, 6) is 3.58. The van der Waals surface area contributed by atoms with Crippen molar-refractivity contribution in [1.29, 1.82) is 0 Å². The average molecular weight is 376 g/mol. The maximum Gasteiger partial charge on any atom is 0.208 e. The highest BCUT2D eigenvalue weighted by atomic mass is 16.4. The summed E-state index contributed by atoms with van der Waals surface area (Å²) in [4.78, 5) is 14.4. The Bertz CT molecular complexity index is 623. The maximum absolute atomic E-state index is 5.74. The number of guanidine groups is 1. The highest BCUT2D eigenvalue weighted by Crippen LogP contribution is 2.29. The lowest BCUT2D eigenvalue weighted by atomic mass is 9.93. The Morgan fingerprint density at radius 2 is 2.00 bits per heavy atom. The van der Waals surface area contributed by atoms with Crippen LogP contribution in [0.3, 0.4) is 0 Å². The molecular weight excluding hydrogens is 338 g/mol. The Morgan fingerprint density at radius 3 is 2.56 bits per heavy atom. The van der Waals surface area contributed by atoms with Gasteiger partial charge in [0.15, 0.2) is 5.96 Å². The highest BCUT2D eigenvalue weighted by Gasteiger charge is 2.31. The van der Waals surface area contributed by atoms with Gasteiger partial charge in [-0.1, -0.05) is 13.8 Å². The minimum absolute atomic E-state index is 0.401. The minimum atomic E-state index is 0.401. The molecule has 2 aliphatic heterocycles. The van der Waals surface area contributed by atoms with Crippen LogP contribution in [0.15, 0.2) is 9.41 Å². The van der Waals surface area contributed by atoms with Crippen molar-refractivity contribution in [2.24, 2.45) is 16.3 Å². The number of aryl methyl sites for hydroxylation is 2. The van der Waals surface area contributed by atoms with Gasteiger partial charge in [-0.05, 0) is 64.5 Å². The number of aromatic nitrogens is 1. The standard InChI is InChI=1S/C21H37N5O/c1-6-22-20(26-12-9-21(4,5)15-26)23-13-18-7-10-25(11-8-18)14-19-24-16(2)17(3)27-19/h18H,6-15H2,1-5H3,(H,22,23). The molecular formula is C21H37N5O. The first kappa shape index (κ1) is 20.2. The lowest BCUT2D eigenvalue weighted by molar-refractivity contribution is 0.166. The molecule has 2 aliphatic rings. The zero-order valence-electron chi connectivity index (χ0n) is 17.8. The number of piperidine rings is 1. The second kappa shape index (κ2) is 8.63. The van der Waals surface area contributed by atoms with Gasteiger partial charge in [-0.2, -0.15) is 0 Å². The van der Waals surface area contributed by atoms with Crippen LogP contribution >= 0.6 is 0 Å². The van der Waals surface area contributed by atoms with Gasteiger partial charge in [-0.15, -0.1) is 0 Å². The van der Waals surface area contributed by atoms with E-state index in [2.05, 4.69) is 40.9 Å². The van der Waals surface area contributed by atoms with Crippen molar-refractivity contribution >= 4 is 5.96 Å². The van der Waals surface area contributed by atoms with E-state index in [1.807, 2.05) is 13.8 Å². The molecule has 1 aromatic heterocycles. The third-order valence-corrected chi connectivity index (χ3v) is 5.95. The van der Waals surface area contributed by atoms with Gasteiger partial charge in [0, 0.05) is 26.2 Å². The summed E-state index contributed by atoms with van der Waals surface area (Å²) in [5.41, 5.74) is 1.41. The normalized spacial score (nSPS) is 21.8. The van der Waals surface area contributed by atoms with Gasteiger partial charge in [0.1, 0.15) is 5.76 Å². The zero-order chi connectivity index (χ0) is 19.4. The maximum atomic E-state index is 5.74. The van der Waals surface area contributed by atoms with E-state index in [4.69, 9.17) is 9.41 Å². The van der Waals surface area contributed by atoms with Gasteiger partial charge in [0.05, 0.1) is 12.2 Å². The Morgan fingerprint density at radius 1 is 1.26 bits per heavy atom. The molecule has 0 spiro atoms. The molecule has 6 heteroatoms. The van der Waals surface area contributed by atoms with E-state index in [-0.39, 0.29) is 0 Å². The van der Waals surface area contributed by atoms with Crippen LogP contribution in [0.1, 0.15) is 57.4 Å². The lowest BCUT2D eigenvalue weighted by Crippen LogP contribution is -2.41. The molecule has 152 valence electrons. The number of likely N-dealkylation sites (tertiary alicyclic amines) is 2. The molecule has 1 aromatic rings. The minimum Gasteiger partial charge on any atom is -0.444 e. The van der Waals surface area contributed by atoms with Crippen LogP contribution in [0.5, 0.6) is 0 Å². The fourth-order valence-corrected chi connectivity index (χ4v) is 4.06. The molecule has 0 saturated carbocycles. The number of hydrogen-bond acceptors (Lipinski definition) is 4. The SMILES string of the molecule is CCNC(=NCC1CCN(Cc2nc(C)c(C)o2)CC1)N1CCC(C)(C)C1. The second-order valence-electron chi connectivity index (χ2n) is 9.00. The molecule has 3 heterocycles. The molecule has 0 aromatic carbocycles. The van der Waals surface area contributed by atoms with Crippen LogP contribution < -0.4 is 5.32 Å². The molecule has 0 aliphatic carbocycles. The van der Waals surface area contributed by atoms with Crippen LogP contribution in [0.4, 0.5) is 0 Å². The number of nitrogens with zero attached hydrogens (tertiary/aromatic N) is 4. The molecule has 27 heavy (non-hydrogen) atoms. The summed E-state index contributed by atoms with van der Waals surface area (Å²) in [7, 11) is 0. The van der Waals surface area contributed by atoms with Crippen molar-refractivity contribution < 1.29 is 4.42 Å². The fourth-order valence-electron chi connectivity index (χ4n) is 4.06. The largest absolute Gasteiger partial charge is 0.444 e. The van der Waals surface area contributed by atoms with Gasteiger partial charge in [0.25, 0.3) is 0 Å². The quantitative estimate of drug-likeness (QED) is 0.633. The Hall–Kier alpha value is -1.56. The van der Waals surface area contributed by atoms with Crippen LogP contribution in [0, 0.1) is 25.2 Å². The molecule has 3 rings (SSSR count). The van der Waals surface area contributed by atoms with E-state index in [1.165, 1.54) is 19.3 Å². The summed E-state index contributed by atoms with van der Waals surface area (Å²) in [5, 5.41) is 3.50. The van der Waals surface area contributed by atoms with E-state index >= 15 is 0 Å². The summed E-state index contributed by atoms with van der Waals surface area (Å²) in [6.45, 7) is 18.0. The molecule has 2 saturated heterocycles. The molecule has 1 N–H and O–H groups in total. The van der Waals surface area contributed by atoms with Crippen LogP contribution in [0.2, 0.25) is 0 Å². The van der Waals surface area contributed by atoms with Gasteiger partial charge in [-0.3, -0.25) is 9.89 Å². The van der Waals surface area contributed by atoms with Crippen LogP contribution in [0.25, 0.3) is 0 Å². The third kappa shape index (κ3) is 5.47. The second-order valence-corrected chi connectivity index (χ2v) is 9.00. The number of hydrogen-bond donors (Lipinski definition) is 1. The molecule has 0 bridgehead atoms. The number of rotatable bonds is 5. The molecule has 0 amide bonds. The van der Waals surface area contributed by atoms with Crippen LogP contribution in [-0.2, 0) is 6.54 Å². The smallest absolute Gasteiger partial charge is 0.208 e. The van der Waals surface area contributed by atoms with Crippen molar-refractivity contribution in [3.63, 3.8) is 0 Å². The molecule has 2 fully saturated rings. The van der Waals surface area contributed by atoms with Gasteiger partial charge >= 0.3 is 0 Å². The summed E-state index contributed by atoms with van der Waals surface area (Å²) < 4.78 is 5.74. The van der Waals surface area contributed by atoms with Crippen molar-refractivity contribution in [3.8, 4) is 0 Å². The first-order valence-electron chi connectivity index (χ1n) is 10.5. The van der Waals surface area contributed by atoms with Crippen molar-refractivity contribution in [2.45, 2.75) is 60.4 Å². The van der Waals surface area contributed by atoms with E-state index in [1.54, 1.807) is 0 Å². The topological polar surface area (TPSA) is 56.9 Å². The monoisotopic (exact) mass is 375 g/mol. The predicted molar refractivity (Wildman–Crippen MR) is 110 cm³/mol. The van der Waals surface area contributed by atoms with E-state index in [9.17, 15) is 0 Å². The average Bonchev–Trinajstić information content (AvgIpc) is 3.14. The zero-order valence-corrected chi connectivity index (χ0v) is 17.8. The summed E-state index contributed by atoms with van der Waals surface area (Å²) >= 11 is 0. The highest BCUT2D eigenvalue weighted by molar-refractivity contribution is 5.80. The fraction of sp³-hybridized carbons (Fsp3) is 0.810. The third-order valence-electron chi connectivity index (χ3n) is 5.95. The summed E-state index contributed by atoms with van der Waals surface area (Å²) in [6, 6.07) is 0. The lowest BCUT2D eigenvalue weighted by Gasteiger charge is -2.31. The van der Waals surface area contributed by atoms with E-state index < -0.39 is 0 Å². The number of nitrogens with one attached hydrogen (secondary N) is 1. The van der Waals surface area contributed by atoms with Crippen molar-refractivity contribution in [1.82, 2.24) is 20.1 Å². The van der Waals surface area contributed by atoms with Crippen molar-refractivity contribution in [3.05, 3.63) is 17.3 Å². The van der Waals surface area contributed by atoms with Gasteiger partial charge < -0.3 is 14.6 Å². The predicted octanol–water partition coefficient (Wildman–Crippen LogP) is 3.20. The first-order chi connectivity index (χ1) is 12.9. The van der Waals surface area contributed by atoms with Crippen LogP contribution in [-0.4, -0.2) is 60.0 Å². The van der Waals surface area contributed by atoms with Gasteiger partial charge in [0.2, 0.25) is 5.89 Å². The molecule has 0 radical (unpaired) electrons. The van der Waals surface area contributed by atoms with E-state index in [0.29, 0.717) is 11.3 Å². The number of oxazole rings is 1. The van der Waals surface area contributed by atoms with Crippen molar-refractivity contribution in [2.75, 3.05) is 39.3 Å². The van der Waals surface area contributed by atoms with E-state index in [0.717, 1.165) is 69.1 Å². The Balaban J connectivity index is 1.48.